The zero-order chi connectivity index (χ0) is 14.7. The molecule has 3 rings (SSSR count). The van der Waals surface area contributed by atoms with Crippen LogP contribution in [-0.2, 0) is 0 Å². The van der Waals surface area contributed by atoms with Crippen molar-refractivity contribution >= 4 is 0 Å². The second-order valence-corrected chi connectivity index (χ2v) is 7.13. The standard InChI is InChI=1S/C19H30N2/c1-15-7-6-8-17(11-15)18-12-19(13-18)20-14-16(2)21-9-4-3-5-10-21/h6-8,11,16,18-20H,3-5,9-10,12-14H2,1-2H3. The Balaban J connectivity index is 1.39. The molecule has 2 aliphatic rings. The number of likely N-dealkylation sites (tertiary alicyclic amines) is 1. The summed E-state index contributed by atoms with van der Waals surface area (Å²) in [5, 5.41) is 3.79. The predicted octanol–water partition coefficient (Wildman–Crippen LogP) is 3.71. The molecule has 116 valence electrons. The first-order chi connectivity index (χ1) is 10.2. The van der Waals surface area contributed by atoms with Gasteiger partial charge in [0.25, 0.3) is 0 Å². The molecule has 1 saturated carbocycles. The van der Waals surface area contributed by atoms with Crippen LogP contribution in [0.2, 0.25) is 0 Å². The summed E-state index contributed by atoms with van der Waals surface area (Å²) in [6, 6.07) is 10.5. The van der Waals surface area contributed by atoms with Crippen LogP contribution in [0.1, 0.15) is 56.1 Å². The van der Waals surface area contributed by atoms with Crippen molar-refractivity contribution in [1.82, 2.24) is 10.2 Å². The van der Waals surface area contributed by atoms with Gasteiger partial charge in [-0.25, -0.2) is 0 Å². The van der Waals surface area contributed by atoms with Crippen LogP contribution >= 0.6 is 0 Å². The van der Waals surface area contributed by atoms with Crippen LogP contribution in [-0.4, -0.2) is 36.6 Å². The Morgan fingerprint density at radius 3 is 2.67 bits per heavy atom. The number of hydrogen-bond acceptors (Lipinski definition) is 2. The van der Waals surface area contributed by atoms with Crippen LogP contribution in [0.15, 0.2) is 24.3 Å². The molecule has 1 aliphatic carbocycles. The van der Waals surface area contributed by atoms with Crippen molar-refractivity contribution in [1.29, 1.82) is 0 Å². The van der Waals surface area contributed by atoms with Crippen LogP contribution in [0.4, 0.5) is 0 Å². The summed E-state index contributed by atoms with van der Waals surface area (Å²) >= 11 is 0. The first kappa shape index (κ1) is 15.1. The summed E-state index contributed by atoms with van der Waals surface area (Å²) in [7, 11) is 0. The Hall–Kier alpha value is -0.860. The average Bonchev–Trinajstić information content (AvgIpc) is 2.46. The van der Waals surface area contributed by atoms with E-state index in [2.05, 4.69) is 48.3 Å². The second kappa shape index (κ2) is 6.93. The fourth-order valence-electron chi connectivity index (χ4n) is 3.81. The fraction of sp³-hybridized carbons (Fsp3) is 0.684. The van der Waals surface area contributed by atoms with E-state index in [4.69, 9.17) is 0 Å². The molecule has 1 saturated heterocycles. The zero-order valence-electron chi connectivity index (χ0n) is 13.6. The Morgan fingerprint density at radius 2 is 1.95 bits per heavy atom. The van der Waals surface area contributed by atoms with Crippen molar-refractivity contribution in [2.75, 3.05) is 19.6 Å². The molecule has 1 N–H and O–H groups in total. The third kappa shape index (κ3) is 3.87. The van der Waals surface area contributed by atoms with Crippen LogP contribution in [0.25, 0.3) is 0 Å². The van der Waals surface area contributed by atoms with Gasteiger partial charge in [-0.05, 0) is 64.1 Å². The zero-order valence-corrected chi connectivity index (χ0v) is 13.6. The van der Waals surface area contributed by atoms with E-state index in [9.17, 15) is 0 Å². The second-order valence-electron chi connectivity index (χ2n) is 7.13. The maximum Gasteiger partial charge on any atom is 0.0192 e. The van der Waals surface area contributed by atoms with Gasteiger partial charge in [-0.15, -0.1) is 0 Å². The molecule has 1 atom stereocenters. The molecule has 21 heavy (non-hydrogen) atoms. The van der Waals surface area contributed by atoms with Crippen LogP contribution in [0.3, 0.4) is 0 Å². The van der Waals surface area contributed by atoms with Gasteiger partial charge in [0.05, 0.1) is 0 Å². The summed E-state index contributed by atoms with van der Waals surface area (Å²) in [6.45, 7) is 8.34. The van der Waals surface area contributed by atoms with Crippen LogP contribution in [0, 0.1) is 6.92 Å². The molecule has 0 aromatic heterocycles. The summed E-state index contributed by atoms with van der Waals surface area (Å²) < 4.78 is 0. The maximum absolute atomic E-state index is 3.79. The molecular weight excluding hydrogens is 256 g/mol. The Morgan fingerprint density at radius 1 is 1.19 bits per heavy atom. The van der Waals surface area contributed by atoms with E-state index in [0.29, 0.717) is 6.04 Å². The van der Waals surface area contributed by atoms with Gasteiger partial charge in [0.2, 0.25) is 0 Å². The number of hydrogen-bond donors (Lipinski definition) is 1. The molecule has 2 fully saturated rings. The molecule has 2 heteroatoms. The first-order valence-corrected chi connectivity index (χ1v) is 8.76. The SMILES string of the molecule is Cc1cccc(C2CC(NCC(C)N3CCCCC3)C2)c1. The van der Waals surface area contributed by atoms with Crippen LogP contribution < -0.4 is 5.32 Å². The topological polar surface area (TPSA) is 15.3 Å². The van der Waals surface area contributed by atoms with Gasteiger partial charge in [0, 0.05) is 18.6 Å². The monoisotopic (exact) mass is 286 g/mol. The Labute approximate surface area is 129 Å². The van der Waals surface area contributed by atoms with Gasteiger partial charge in [-0.3, -0.25) is 4.90 Å². The largest absolute Gasteiger partial charge is 0.312 e. The van der Waals surface area contributed by atoms with Crippen molar-refractivity contribution in [2.24, 2.45) is 0 Å². The smallest absolute Gasteiger partial charge is 0.0192 e. The molecular formula is C19H30N2. The number of piperidine rings is 1. The molecule has 0 spiro atoms. The highest BCUT2D eigenvalue weighted by molar-refractivity contribution is 5.27. The number of rotatable bonds is 5. The van der Waals surface area contributed by atoms with Crippen molar-refractivity contribution in [2.45, 2.75) is 64.0 Å². The molecule has 1 aromatic carbocycles. The van der Waals surface area contributed by atoms with E-state index in [1.807, 2.05) is 0 Å². The number of aryl methyl sites for hydroxylation is 1. The summed E-state index contributed by atoms with van der Waals surface area (Å²) in [5.74, 6) is 0.785. The van der Waals surface area contributed by atoms with E-state index < -0.39 is 0 Å². The molecule has 0 amide bonds. The lowest BCUT2D eigenvalue weighted by molar-refractivity contribution is 0.160. The minimum absolute atomic E-state index is 0.698. The third-order valence-electron chi connectivity index (χ3n) is 5.37. The lowest BCUT2D eigenvalue weighted by Crippen LogP contribution is -2.48. The van der Waals surface area contributed by atoms with Crippen LogP contribution in [0.5, 0.6) is 0 Å². The normalized spacial score (nSPS) is 28.1. The van der Waals surface area contributed by atoms with E-state index >= 15 is 0 Å². The fourth-order valence-corrected chi connectivity index (χ4v) is 3.81. The Bertz CT molecular complexity index is 445. The molecule has 2 nitrogen and oxygen atoms in total. The van der Waals surface area contributed by atoms with Crippen molar-refractivity contribution in [3.63, 3.8) is 0 Å². The lowest BCUT2D eigenvalue weighted by Gasteiger charge is -2.39. The van der Waals surface area contributed by atoms with Gasteiger partial charge >= 0.3 is 0 Å². The summed E-state index contributed by atoms with van der Waals surface area (Å²) in [6.07, 6.45) is 6.84. The lowest BCUT2D eigenvalue weighted by atomic mass is 9.75. The highest BCUT2D eigenvalue weighted by Gasteiger charge is 2.30. The molecule has 1 aliphatic heterocycles. The minimum Gasteiger partial charge on any atom is -0.312 e. The first-order valence-electron chi connectivity index (χ1n) is 8.76. The van der Waals surface area contributed by atoms with Crippen molar-refractivity contribution in [3.05, 3.63) is 35.4 Å². The van der Waals surface area contributed by atoms with Crippen molar-refractivity contribution < 1.29 is 0 Å². The van der Waals surface area contributed by atoms with E-state index in [1.54, 1.807) is 0 Å². The van der Waals surface area contributed by atoms with E-state index in [1.165, 1.54) is 56.3 Å². The van der Waals surface area contributed by atoms with Gasteiger partial charge in [-0.1, -0.05) is 36.2 Å². The molecule has 0 bridgehead atoms. The molecule has 1 heterocycles. The summed E-state index contributed by atoms with van der Waals surface area (Å²) in [4.78, 5) is 2.66. The minimum atomic E-state index is 0.698. The number of benzene rings is 1. The molecule has 1 aromatic rings. The van der Waals surface area contributed by atoms with E-state index in [0.717, 1.165) is 18.5 Å². The van der Waals surface area contributed by atoms with E-state index in [-0.39, 0.29) is 0 Å². The average molecular weight is 286 g/mol. The number of nitrogens with zero attached hydrogens (tertiary/aromatic N) is 1. The highest BCUT2D eigenvalue weighted by atomic mass is 15.2. The molecule has 1 unspecified atom stereocenters. The maximum atomic E-state index is 3.79. The van der Waals surface area contributed by atoms with Gasteiger partial charge in [0.1, 0.15) is 0 Å². The third-order valence-corrected chi connectivity index (χ3v) is 5.37. The Kier molecular flexibility index (Phi) is 4.97. The molecule has 0 radical (unpaired) electrons. The quantitative estimate of drug-likeness (QED) is 0.888. The highest BCUT2D eigenvalue weighted by Crippen LogP contribution is 2.37. The van der Waals surface area contributed by atoms with Gasteiger partial charge in [0.15, 0.2) is 0 Å². The summed E-state index contributed by atoms with van der Waals surface area (Å²) in [5.41, 5.74) is 2.93. The number of nitrogens with one attached hydrogen (secondary N) is 1. The van der Waals surface area contributed by atoms with Gasteiger partial charge < -0.3 is 5.32 Å². The predicted molar refractivity (Wildman–Crippen MR) is 89.8 cm³/mol. The van der Waals surface area contributed by atoms with Gasteiger partial charge in [-0.2, -0.15) is 0 Å². The van der Waals surface area contributed by atoms with Crippen molar-refractivity contribution in [3.8, 4) is 0 Å².